The highest BCUT2D eigenvalue weighted by Crippen LogP contribution is 2.47. The van der Waals surface area contributed by atoms with Crippen molar-refractivity contribution in [2.45, 2.75) is 43.7 Å². The fourth-order valence-corrected chi connectivity index (χ4v) is 5.70. The van der Waals surface area contributed by atoms with Crippen LogP contribution in [0.5, 0.6) is 0 Å². The fourth-order valence-electron chi connectivity index (χ4n) is 4.84. The van der Waals surface area contributed by atoms with E-state index in [0.717, 1.165) is 36.1 Å². The van der Waals surface area contributed by atoms with Gasteiger partial charge in [-0.3, -0.25) is 14.6 Å². The summed E-state index contributed by atoms with van der Waals surface area (Å²) in [4.78, 5) is 34.4. The van der Waals surface area contributed by atoms with Crippen molar-refractivity contribution < 1.29 is 9.59 Å². The third-order valence-electron chi connectivity index (χ3n) is 6.14. The summed E-state index contributed by atoms with van der Waals surface area (Å²) in [6.07, 6.45) is 7.56. The van der Waals surface area contributed by atoms with Gasteiger partial charge in [-0.25, -0.2) is 0 Å². The highest BCUT2D eigenvalue weighted by Gasteiger charge is 2.47. The van der Waals surface area contributed by atoms with Gasteiger partial charge in [0.05, 0.1) is 23.8 Å². The number of carbonyl (C=O) groups is 2. The Morgan fingerprint density at radius 3 is 2.63 bits per heavy atom. The third kappa shape index (κ3) is 3.31. The molecule has 1 saturated carbocycles. The van der Waals surface area contributed by atoms with Crippen LogP contribution in [0, 0.1) is 0 Å². The maximum atomic E-state index is 13.6. The lowest BCUT2D eigenvalue weighted by molar-refractivity contribution is -0.119. The number of anilines is 1. The zero-order valence-electron chi connectivity index (χ0n) is 16.5. The second-order valence-electron chi connectivity index (χ2n) is 7.91. The fraction of sp³-hybridized carbons (Fsp3) is 0.292. The van der Waals surface area contributed by atoms with E-state index >= 15 is 0 Å². The molecule has 5 nitrogen and oxygen atoms in total. The first-order chi connectivity index (χ1) is 14.7. The molecule has 1 aliphatic carbocycles. The minimum absolute atomic E-state index is 0.0429. The summed E-state index contributed by atoms with van der Waals surface area (Å²) < 4.78 is 0. The van der Waals surface area contributed by atoms with Crippen LogP contribution in [-0.4, -0.2) is 27.7 Å². The molecule has 6 heteroatoms. The average Bonchev–Trinajstić information content (AvgIpc) is 3.49. The largest absolute Gasteiger partial charge is 0.327 e. The van der Waals surface area contributed by atoms with Crippen LogP contribution in [0.1, 0.15) is 58.4 Å². The molecule has 1 N–H and O–H groups in total. The number of rotatable bonds is 4. The van der Waals surface area contributed by atoms with E-state index in [4.69, 9.17) is 0 Å². The van der Waals surface area contributed by atoms with Gasteiger partial charge < -0.3 is 10.2 Å². The van der Waals surface area contributed by atoms with Crippen molar-refractivity contribution in [3.63, 3.8) is 0 Å². The molecule has 5 rings (SSSR count). The normalized spacial score (nSPS) is 21.5. The first-order valence-corrected chi connectivity index (χ1v) is 11.3. The molecule has 30 heavy (non-hydrogen) atoms. The van der Waals surface area contributed by atoms with Crippen molar-refractivity contribution in [2.75, 3.05) is 5.32 Å². The van der Waals surface area contributed by atoms with Crippen LogP contribution >= 0.6 is 11.3 Å². The first-order valence-electron chi connectivity index (χ1n) is 10.4. The van der Waals surface area contributed by atoms with Crippen molar-refractivity contribution in [1.82, 2.24) is 9.88 Å². The Balaban J connectivity index is 1.63. The summed E-state index contributed by atoms with van der Waals surface area (Å²) in [5.74, 6) is -0.538. The van der Waals surface area contributed by atoms with E-state index in [1.54, 1.807) is 29.8 Å². The van der Waals surface area contributed by atoms with Crippen molar-refractivity contribution in [1.29, 1.82) is 0 Å². The Kier molecular flexibility index (Phi) is 5.09. The van der Waals surface area contributed by atoms with Crippen LogP contribution in [0.25, 0.3) is 0 Å². The summed E-state index contributed by atoms with van der Waals surface area (Å²) in [6.45, 7) is 0. The van der Waals surface area contributed by atoms with Gasteiger partial charge in [0, 0.05) is 22.7 Å². The number of pyridine rings is 1. The van der Waals surface area contributed by atoms with E-state index in [1.807, 2.05) is 52.7 Å². The van der Waals surface area contributed by atoms with Gasteiger partial charge in [-0.2, -0.15) is 0 Å². The predicted octanol–water partition coefficient (Wildman–Crippen LogP) is 5.01. The van der Waals surface area contributed by atoms with Crippen LogP contribution in [0.15, 0.2) is 66.3 Å². The molecule has 152 valence electrons. The SMILES string of the molecule is O=C(Nc1cccnc1)C1c2ccccc2C(=O)N(C2CCCC2)C1c1cccs1. The molecule has 2 unspecified atom stereocenters. The smallest absolute Gasteiger partial charge is 0.254 e. The number of nitrogens with zero attached hydrogens (tertiary/aromatic N) is 2. The van der Waals surface area contributed by atoms with Gasteiger partial charge in [-0.15, -0.1) is 11.3 Å². The minimum atomic E-state index is -0.474. The van der Waals surface area contributed by atoms with Gasteiger partial charge in [-0.1, -0.05) is 37.1 Å². The standard InChI is InChI=1S/C24H23N3O2S/c28-23(26-16-7-5-13-25-15-16)21-18-10-3-4-11-19(18)24(29)27(17-8-1-2-9-17)22(21)20-12-6-14-30-20/h3-7,10-15,17,21-22H,1-2,8-9H2,(H,26,28). The van der Waals surface area contributed by atoms with Crippen LogP contribution in [0.2, 0.25) is 0 Å². The number of nitrogens with one attached hydrogen (secondary N) is 1. The number of benzene rings is 1. The third-order valence-corrected chi connectivity index (χ3v) is 7.08. The molecule has 0 radical (unpaired) electrons. The first kappa shape index (κ1) is 19.0. The highest BCUT2D eigenvalue weighted by atomic mass is 32.1. The Bertz CT molecular complexity index is 1050. The lowest BCUT2D eigenvalue weighted by Crippen LogP contribution is -2.49. The van der Waals surface area contributed by atoms with Crippen LogP contribution < -0.4 is 5.32 Å². The van der Waals surface area contributed by atoms with Gasteiger partial charge in [0.1, 0.15) is 0 Å². The molecular weight excluding hydrogens is 394 g/mol. The van der Waals surface area contributed by atoms with Crippen molar-refractivity contribution >= 4 is 28.8 Å². The Morgan fingerprint density at radius 1 is 1.07 bits per heavy atom. The summed E-state index contributed by atoms with van der Waals surface area (Å²) in [5.41, 5.74) is 2.11. The molecule has 2 atom stereocenters. The predicted molar refractivity (Wildman–Crippen MR) is 118 cm³/mol. The maximum Gasteiger partial charge on any atom is 0.254 e. The van der Waals surface area contributed by atoms with Gasteiger partial charge in [0.2, 0.25) is 5.91 Å². The zero-order valence-corrected chi connectivity index (χ0v) is 17.3. The number of hydrogen-bond donors (Lipinski definition) is 1. The van der Waals surface area contributed by atoms with Crippen molar-refractivity contribution in [3.05, 3.63) is 82.3 Å². The summed E-state index contributed by atoms with van der Waals surface area (Å²) in [5, 5.41) is 5.05. The van der Waals surface area contributed by atoms with E-state index < -0.39 is 5.92 Å². The Hall–Kier alpha value is -2.99. The Labute approximate surface area is 179 Å². The van der Waals surface area contributed by atoms with Gasteiger partial charge in [0.25, 0.3) is 5.91 Å². The second kappa shape index (κ2) is 8.03. The maximum absolute atomic E-state index is 13.6. The zero-order chi connectivity index (χ0) is 20.5. The number of fused-ring (bicyclic) bond motifs is 1. The number of thiophene rings is 1. The van der Waals surface area contributed by atoms with E-state index in [2.05, 4.69) is 10.3 Å². The average molecular weight is 418 g/mol. The lowest BCUT2D eigenvalue weighted by Gasteiger charge is -2.44. The lowest BCUT2D eigenvalue weighted by atomic mass is 9.80. The summed E-state index contributed by atoms with van der Waals surface area (Å²) >= 11 is 1.61. The molecule has 3 heterocycles. The van der Waals surface area contributed by atoms with Crippen LogP contribution in [0.4, 0.5) is 5.69 Å². The van der Waals surface area contributed by atoms with E-state index in [9.17, 15) is 9.59 Å². The van der Waals surface area contributed by atoms with Crippen molar-refractivity contribution in [2.24, 2.45) is 0 Å². The van der Waals surface area contributed by atoms with Gasteiger partial charge >= 0.3 is 0 Å². The molecule has 2 amide bonds. The number of aromatic nitrogens is 1. The van der Waals surface area contributed by atoms with Gasteiger partial charge in [0.15, 0.2) is 0 Å². The second-order valence-corrected chi connectivity index (χ2v) is 8.89. The minimum Gasteiger partial charge on any atom is -0.327 e. The number of hydrogen-bond acceptors (Lipinski definition) is 4. The Morgan fingerprint density at radius 2 is 1.90 bits per heavy atom. The molecule has 2 aromatic heterocycles. The van der Waals surface area contributed by atoms with Crippen molar-refractivity contribution in [3.8, 4) is 0 Å². The molecule has 0 saturated heterocycles. The monoisotopic (exact) mass is 417 g/mol. The van der Waals surface area contributed by atoms with E-state index in [0.29, 0.717) is 11.3 Å². The van der Waals surface area contributed by atoms with E-state index in [1.165, 1.54) is 0 Å². The topological polar surface area (TPSA) is 62.3 Å². The number of amides is 2. The molecule has 3 aromatic rings. The molecule has 1 aliphatic heterocycles. The number of carbonyl (C=O) groups excluding carboxylic acids is 2. The molecule has 1 aromatic carbocycles. The quantitative estimate of drug-likeness (QED) is 0.649. The molecular formula is C24H23N3O2S. The summed E-state index contributed by atoms with van der Waals surface area (Å²) in [6, 6.07) is 15.1. The molecule has 0 spiro atoms. The molecule has 0 bridgehead atoms. The van der Waals surface area contributed by atoms with Gasteiger partial charge in [-0.05, 0) is 48.1 Å². The van der Waals surface area contributed by atoms with Crippen LogP contribution in [0.3, 0.4) is 0 Å². The highest BCUT2D eigenvalue weighted by molar-refractivity contribution is 7.10. The van der Waals surface area contributed by atoms with E-state index in [-0.39, 0.29) is 23.9 Å². The molecule has 1 fully saturated rings. The molecule has 2 aliphatic rings. The van der Waals surface area contributed by atoms with Crippen LogP contribution in [-0.2, 0) is 4.79 Å². The summed E-state index contributed by atoms with van der Waals surface area (Å²) in [7, 11) is 0.